The van der Waals surface area contributed by atoms with Gasteiger partial charge in [0.25, 0.3) is 0 Å². The van der Waals surface area contributed by atoms with E-state index in [0.29, 0.717) is 17.0 Å². The van der Waals surface area contributed by atoms with Crippen LogP contribution in [0.5, 0.6) is 0 Å². The van der Waals surface area contributed by atoms with Gasteiger partial charge in [-0.3, -0.25) is 14.4 Å². The minimum Gasteiger partial charge on any atom is -0.481 e. The van der Waals surface area contributed by atoms with E-state index in [2.05, 4.69) is 26.8 Å². The fourth-order valence-electron chi connectivity index (χ4n) is 9.86. The lowest BCUT2D eigenvalue weighted by Crippen LogP contribution is -2.67. The predicted octanol–water partition coefficient (Wildman–Crippen LogP) is 6.21. The second-order valence-corrected chi connectivity index (χ2v) is 12.8. The minimum absolute atomic E-state index is 0.0790. The predicted molar refractivity (Wildman–Crippen MR) is 129 cm³/mol. The number of ketones is 2. The number of hydrogen-bond donors (Lipinski definition) is 1. The lowest BCUT2D eigenvalue weighted by molar-refractivity contribution is -0.189. The molecule has 0 amide bonds. The first-order chi connectivity index (χ1) is 16.1. The van der Waals surface area contributed by atoms with Crippen LogP contribution in [-0.2, 0) is 4.79 Å². The summed E-state index contributed by atoms with van der Waals surface area (Å²) in [7, 11) is 0. The zero-order chi connectivity index (χ0) is 24.2. The Hall–Kier alpha value is -2.23. The smallest absolute Gasteiger partial charge is 0.309 e. The van der Waals surface area contributed by atoms with Crippen molar-refractivity contribution >= 4 is 17.5 Å². The molecule has 3 fully saturated rings. The van der Waals surface area contributed by atoms with Crippen molar-refractivity contribution in [1.82, 2.24) is 0 Å². The van der Waals surface area contributed by atoms with Crippen molar-refractivity contribution in [3.8, 4) is 0 Å². The van der Waals surface area contributed by atoms with Crippen LogP contribution in [0, 0.1) is 51.8 Å². The van der Waals surface area contributed by atoms with Gasteiger partial charge in [-0.15, -0.1) is 0 Å². The van der Waals surface area contributed by atoms with Gasteiger partial charge in [-0.25, -0.2) is 0 Å². The number of allylic oxidation sites excluding steroid dienone is 2. The lowest BCUT2D eigenvalue weighted by Gasteiger charge is -2.70. The number of rotatable bonds is 2. The van der Waals surface area contributed by atoms with Crippen molar-refractivity contribution in [2.75, 3.05) is 0 Å². The summed E-state index contributed by atoms with van der Waals surface area (Å²) >= 11 is 0. The summed E-state index contributed by atoms with van der Waals surface area (Å²) in [6, 6.07) is 7.40. The standard InChI is InChI=1S/C30H36O4/c1-16(2)20-15-30-13-10-21-28(3,11-7-12-29(21,4)27(33)34)22(30)14-19(20)23-24(30)26(32)18-9-6-5-8-17(18)25(23)31/h5-6,8-9,15-16,19,21-24H,7,10-14H2,1-4H3,(H,33,34)/t19-,21+,22-,23+,24+,28-,29+,30-/m0/s1. The van der Waals surface area contributed by atoms with Crippen molar-refractivity contribution in [1.29, 1.82) is 0 Å². The average Bonchev–Trinajstić information content (AvgIpc) is 2.81. The summed E-state index contributed by atoms with van der Waals surface area (Å²) in [6.07, 6.45) is 7.65. The molecule has 3 saturated carbocycles. The van der Waals surface area contributed by atoms with Crippen molar-refractivity contribution in [2.45, 2.75) is 66.2 Å². The van der Waals surface area contributed by atoms with Crippen LogP contribution in [0.3, 0.4) is 0 Å². The van der Waals surface area contributed by atoms with Crippen molar-refractivity contribution < 1.29 is 19.5 Å². The first-order valence-corrected chi connectivity index (χ1v) is 13.2. The highest BCUT2D eigenvalue weighted by molar-refractivity contribution is 6.17. The average molecular weight is 461 g/mol. The fourth-order valence-corrected chi connectivity index (χ4v) is 9.86. The molecular formula is C30H36O4. The molecule has 7 rings (SSSR count). The van der Waals surface area contributed by atoms with Crippen molar-refractivity contribution in [2.24, 2.45) is 51.8 Å². The molecule has 0 aliphatic heterocycles. The molecular weight excluding hydrogens is 424 g/mol. The summed E-state index contributed by atoms with van der Waals surface area (Å²) in [4.78, 5) is 40.5. The van der Waals surface area contributed by atoms with Crippen LogP contribution < -0.4 is 0 Å². The number of carboxylic acid groups (broad SMARTS) is 1. The Morgan fingerprint density at radius 2 is 1.68 bits per heavy atom. The Balaban J connectivity index is 1.55. The van der Waals surface area contributed by atoms with E-state index < -0.39 is 11.4 Å². The van der Waals surface area contributed by atoms with Gasteiger partial charge >= 0.3 is 5.97 Å². The molecule has 1 aromatic carbocycles. The molecule has 6 aliphatic rings. The van der Waals surface area contributed by atoms with Gasteiger partial charge in [-0.1, -0.05) is 63.1 Å². The Kier molecular flexibility index (Phi) is 4.53. The van der Waals surface area contributed by atoms with Gasteiger partial charge in [0, 0.05) is 28.4 Å². The van der Waals surface area contributed by atoms with E-state index in [1.165, 1.54) is 5.57 Å². The molecule has 0 heterocycles. The quantitative estimate of drug-likeness (QED) is 0.533. The fraction of sp³-hybridized carbons (Fsp3) is 0.633. The third-order valence-corrected chi connectivity index (χ3v) is 11.2. The normalized spacial score (nSPS) is 44.6. The third kappa shape index (κ3) is 2.48. The molecule has 4 heteroatoms. The minimum atomic E-state index is -0.714. The molecule has 0 unspecified atom stereocenters. The summed E-state index contributed by atoms with van der Waals surface area (Å²) in [6.45, 7) is 8.71. The maximum Gasteiger partial charge on any atom is 0.309 e. The van der Waals surface area contributed by atoms with Gasteiger partial charge in [-0.05, 0) is 68.1 Å². The number of aliphatic carboxylic acids is 1. The van der Waals surface area contributed by atoms with Crippen LogP contribution >= 0.6 is 0 Å². The Bertz CT molecular complexity index is 1150. The largest absolute Gasteiger partial charge is 0.481 e. The van der Waals surface area contributed by atoms with E-state index in [0.717, 1.165) is 38.5 Å². The van der Waals surface area contributed by atoms with Gasteiger partial charge in [0.05, 0.1) is 5.41 Å². The number of hydrogen-bond acceptors (Lipinski definition) is 3. The van der Waals surface area contributed by atoms with Crippen molar-refractivity contribution in [3.05, 3.63) is 47.0 Å². The number of Topliss-reactive ketones (excluding diaryl/α,β-unsaturated/α-hetero) is 2. The Morgan fingerprint density at radius 3 is 2.32 bits per heavy atom. The topological polar surface area (TPSA) is 71.4 Å². The van der Waals surface area contributed by atoms with Gasteiger partial charge in [0.1, 0.15) is 0 Å². The molecule has 34 heavy (non-hydrogen) atoms. The molecule has 2 bridgehead atoms. The van der Waals surface area contributed by atoms with Gasteiger partial charge in [0.15, 0.2) is 11.6 Å². The Morgan fingerprint density at radius 1 is 1.00 bits per heavy atom. The number of fused-ring (bicyclic) bond motifs is 2. The second-order valence-electron chi connectivity index (χ2n) is 12.8. The van der Waals surface area contributed by atoms with E-state index in [4.69, 9.17) is 0 Å². The number of carbonyl (C=O) groups is 3. The molecule has 4 nitrogen and oxygen atoms in total. The van der Waals surface area contributed by atoms with Crippen LogP contribution in [-0.4, -0.2) is 22.6 Å². The molecule has 1 N–H and O–H groups in total. The summed E-state index contributed by atoms with van der Waals surface area (Å²) < 4.78 is 0. The first-order valence-electron chi connectivity index (χ1n) is 13.2. The third-order valence-electron chi connectivity index (χ3n) is 11.2. The van der Waals surface area contributed by atoms with E-state index in [1.807, 2.05) is 31.2 Å². The van der Waals surface area contributed by atoms with Gasteiger partial charge in [0.2, 0.25) is 0 Å². The SMILES string of the molecule is CC(C)C1=C[C@@]23CC[C@@H]4[C@](C)(CCC[C@@]4(C)C(=O)O)[C@@H]2C[C@@H]1[C@H]1C(=O)c2ccccc2C(=O)[C@@H]13. The molecule has 1 aromatic rings. The van der Waals surface area contributed by atoms with Crippen molar-refractivity contribution in [3.63, 3.8) is 0 Å². The van der Waals surface area contributed by atoms with Crippen LogP contribution in [0.1, 0.15) is 86.9 Å². The molecule has 8 atom stereocenters. The van der Waals surface area contributed by atoms with E-state index >= 15 is 0 Å². The molecule has 6 aliphatic carbocycles. The highest BCUT2D eigenvalue weighted by atomic mass is 16.4. The van der Waals surface area contributed by atoms with Crippen LogP contribution in [0.4, 0.5) is 0 Å². The zero-order valence-electron chi connectivity index (χ0n) is 20.8. The molecule has 180 valence electrons. The highest BCUT2D eigenvalue weighted by Gasteiger charge is 2.71. The Labute approximate surface area is 202 Å². The zero-order valence-corrected chi connectivity index (χ0v) is 20.8. The second kappa shape index (κ2) is 6.92. The molecule has 0 radical (unpaired) electrons. The van der Waals surface area contributed by atoms with E-state index in [-0.39, 0.29) is 52.0 Å². The monoisotopic (exact) mass is 460 g/mol. The van der Waals surface area contributed by atoms with Crippen LogP contribution in [0.25, 0.3) is 0 Å². The van der Waals surface area contributed by atoms with Gasteiger partial charge < -0.3 is 5.11 Å². The van der Waals surface area contributed by atoms with E-state index in [1.54, 1.807) is 0 Å². The number of benzene rings is 1. The number of carbonyl (C=O) groups excluding carboxylic acids is 2. The van der Waals surface area contributed by atoms with Crippen LogP contribution in [0.2, 0.25) is 0 Å². The molecule has 0 saturated heterocycles. The molecule has 1 spiro atoms. The maximum absolute atomic E-state index is 14.1. The van der Waals surface area contributed by atoms with E-state index in [9.17, 15) is 19.5 Å². The van der Waals surface area contributed by atoms with Gasteiger partial charge in [-0.2, -0.15) is 0 Å². The highest BCUT2D eigenvalue weighted by Crippen LogP contribution is 2.74. The summed E-state index contributed by atoms with van der Waals surface area (Å²) in [5.41, 5.74) is 1.37. The molecule has 0 aromatic heterocycles. The van der Waals surface area contributed by atoms with Crippen LogP contribution in [0.15, 0.2) is 35.9 Å². The maximum atomic E-state index is 14.1. The lowest BCUT2D eigenvalue weighted by atomic mass is 9.33. The summed E-state index contributed by atoms with van der Waals surface area (Å²) in [5, 5.41) is 10.3. The summed E-state index contributed by atoms with van der Waals surface area (Å²) in [5.74, 6) is -0.179. The number of carboxylic acids is 1. The first kappa shape index (κ1) is 22.2.